The van der Waals surface area contributed by atoms with Gasteiger partial charge in [0, 0.05) is 23.5 Å². The fourth-order valence-corrected chi connectivity index (χ4v) is 2.09. The molecule has 0 aliphatic carbocycles. The summed E-state index contributed by atoms with van der Waals surface area (Å²) in [6.45, 7) is 0. The van der Waals surface area contributed by atoms with Gasteiger partial charge in [-0.25, -0.2) is 0 Å². The molecule has 19 heavy (non-hydrogen) atoms. The predicted molar refractivity (Wildman–Crippen MR) is 74.0 cm³/mol. The molecule has 3 heteroatoms. The van der Waals surface area contributed by atoms with Gasteiger partial charge in [0.15, 0.2) is 5.78 Å². The van der Waals surface area contributed by atoms with Crippen LogP contribution >= 0.6 is 0 Å². The van der Waals surface area contributed by atoms with Crippen LogP contribution in [0.3, 0.4) is 0 Å². The molecule has 0 saturated carbocycles. The highest BCUT2D eigenvalue weighted by molar-refractivity contribution is 6.06. The summed E-state index contributed by atoms with van der Waals surface area (Å²) < 4.78 is 0. The maximum Gasteiger partial charge on any atom is 0.187 e. The first-order valence-electron chi connectivity index (χ1n) is 6.11. The number of carbonyl (C=O) groups is 1. The lowest BCUT2D eigenvalue weighted by atomic mass is 10.0. The van der Waals surface area contributed by atoms with Crippen molar-refractivity contribution in [3.63, 3.8) is 0 Å². The summed E-state index contributed by atoms with van der Waals surface area (Å²) in [5, 5.41) is 1.92. The molecule has 1 aromatic carbocycles. The van der Waals surface area contributed by atoms with Gasteiger partial charge < -0.3 is 0 Å². The van der Waals surface area contributed by atoms with E-state index in [0.717, 1.165) is 16.5 Å². The van der Waals surface area contributed by atoms with Crippen LogP contribution in [0.2, 0.25) is 0 Å². The van der Waals surface area contributed by atoms with Gasteiger partial charge in [-0.05, 0) is 23.6 Å². The largest absolute Gasteiger partial charge is 0.292 e. The number of nitrogens with zero attached hydrogens (tertiary/aromatic N) is 2. The third kappa shape index (κ3) is 2.36. The molecule has 0 radical (unpaired) electrons. The third-order valence-electron chi connectivity index (χ3n) is 3.01. The molecule has 3 rings (SSSR count). The van der Waals surface area contributed by atoms with E-state index in [1.807, 2.05) is 48.5 Å². The SMILES string of the molecule is O=C(Cc1ccccn1)c1nccc2ccccc12. The molecule has 0 atom stereocenters. The molecule has 0 saturated heterocycles. The zero-order valence-corrected chi connectivity index (χ0v) is 10.3. The lowest BCUT2D eigenvalue weighted by Crippen LogP contribution is -2.07. The number of Topliss-reactive ketones (excluding diaryl/α,β-unsaturated/α-hetero) is 1. The van der Waals surface area contributed by atoms with Crippen LogP contribution in [0.4, 0.5) is 0 Å². The van der Waals surface area contributed by atoms with E-state index < -0.39 is 0 Å². The molecule has 92 valence electrons. The topological polar surface area (TPSA) is 42.9 Å². The van der Waals surface area contributed by atoms with Crippen molar-refractivity contribution in [2.45, 2.75) is 6.42 Å². The van der Waals surface area contributed by atoms with Crippen LogP contribution in [0.1, 0.15) is 16.2 Å². The Labute approximate surface area is 111 Å². The van der Waals surface area contributed by atoms with E-state index in [2.05, 4.69) is 9.97 Å². The van der Waals surface area contributed by atoms with Crippen molar-refractivity contribution in [3.05, 3.63) is 72.3 Å². The Kier molecular flexibility index (Phi) is 3.02. The maximum atomic E-state index is 12.3. The molecule has 2 aromatic heterocycles. The fraction of sp³-hybridized carbons (Fsp3) is 0.0625. The summed E-state index contributed by atoms with van der Waals surface area (Å²) in [7, 11) is 0. The van der Waals surface area contributed by atoms with Crippen molar-refractivity contribution in [1.82, 2.24) is 9.97 Å². The van der Waals surface area contributed by atoms with Crippen molar-refractivity contribution in [2.24, 2.45) is 0 Å². The van der Waals surface area contributed by atoms with Gasteiger partial charge in [0.25, 0.3) is 0 Å². The van der Waals surface area contributed by atoms with Gasteiger partial charge in [0.1, 0.15) is 5.69 Å². The van der Waals surface area contributed by atoms with Crippen LogP contribution in [0.25, 0.3) is 10.8 Å². The molecule has 0 aliphatic rings. The van der Waals surface area contributed by atoms with Gasteiger partial charge in [-0.2, -0.15) is 0 Å². The highest BCUT2D eigenvalue weighted by Crippen LogP contribution is 2.17. The summed E-state index contributed by atoms with van der Waals surface area (Å²) in [5.41, 5.74) is 1.28. The first-order chi connectivity index (χ1) is 9.34. The Hall–Kier alpha value is -2.55. The maximum absolute atomic E-state index is 12.3. The second kappa shape index (κ2) is 4.98. The van der Waals surface area contributed by atoms with Gasteiger partial charge in [-0.3, -0.25) is 14.8 Å². The van der Waals surface area contributed by atoms with Gasteiger partial charge in [0.2, 0.25) is 0 Å². The highest BCUT2D eigenvalue weighted by Gasteiger charge is 2.12. The summed E-state index contributed by atoms with van der Waals surface area (Å²) in [6.07, 6.45) is 3.65. The zero-order valence-electron chi connectivity index (χ0n) is 10.3. The quantitative estimate of drug-likeness (QED) is 0.669. The minimum atomic E-state index is -0.00417. The monoisotopic (exact) mass is 248 g/mol. The Bertz CT molecular complexity index is 718. The molecule has 2 heterocycles. The van der Waals surface area contributed by atoms with Crippen LogP contribution in [-0.4, -0.2) is 15.8 Å². The van der Waals surface area contributed by atoms with Crippen LogP contribution in [0.5, 0.6) is 0 Å². The lowest BCUT2D eigenvalue weighted by molar-refractivity contribution is 0.0989. The summed E-state index contributed by atoms with van der Waals surface area (Å²) in [5.74, 6) is -0.00417. The normalized spacial score (nSPS) is 10.5. The lowest BCUT2D eigenvalue weighted by Gasteiger charge is -2.04. The molecule has 0 aliphatic heterocycles. The van der Waals surface area contributed by atoms with E-state index in [0.29, 0.717) is 5.69 Å². The van der Waals surface area contributed by atoms with Gasteiger partial charge >= 0.3 is 0 Å². The van der Waals surface area contributed by atoms with E-state index in [1.165, 1.54) is 0 Å². The third-order valence-corrected chi connectivity index (χ3v) is 3.01. The molecule has 0 amide bonds. The minimum Gasteiger partial charge on any atom is -0.292 e. The van der Waals surface area contributed by atoms with Crippen LogP contribution < -0.4 is 0 Å². The van der Waals surface area contributed by atoms with Crippen LogP contribution in [-0.2, 0) is 6.42 Å². The Morgan fingerprint density at radius 2 is 1.74 bits per heavy atom. The van der Waals surface area contributed by atoms with E-state index in [4.69, 9.17) is 0 Å². The van der Waals surface area contributed by atoms with Crippen molar-refractivity contribution in [2.75, 3.05) is 0 Å². The van der Waals surface area contributed by atoms with Crippen LogP contribution in [0.15, 0.2) is 60.9 Å². The Morgan fingerprint density at radius 3 is 2.58 bits per heavy atom. The summed E-state index contributed by atoms with van der Waals surface area (Å²) >= 11 is 0. The molecule has 0 bridgehead atoms. The number of hydrogen-bond acceptors (Lipinski definition) is 3. The summed E-state index contributed by atoms with van der Waals surface area (Å²) in [6, 6.07) is 15.3. The molecule has 0 N–H and O–H groups in total. The standard InChI is InChI=1S/C16H12N2O/c19-15(11-13-6-3-4-9-17-13)16-14-7-2-1-5-12(14)8-10-18-16/h1-10H,11H2. The first-order valence-corrected chi connectivity index (χ1v) is 6.11. The average Bonchev–Trinajstić information content (AvgIpc) is 2.47. The number of aromatic nitrogens is 2. The number of fused-ring (bicyclic) bond motifs is 1. The second-order valence-electron chi connectivity index (χ2n) is 4.30. The smallest absolute Gasteiger partial charge is 0.187 e. The Morgan fingerprint density at radius 1 is 0.895 bits per heavy atom. The molecule has 3 aromatic rings. The van der Waals surface area contributed by atoms with E-state index in [1.54, 1.807) is 12.4 Å². The average molecular weight is 248 g/mol. The summed E-state index contributed by atoms with van der Waals surface area (Å²) in [4.78, 5) is 20.7. The molecule has 3 nitrogen and oxygen atoms in total. The van der Waals surface area contributed by atoms with Crippen LogP contribution in [0, 0.1) is 0 Å². The number of ketones is 1. The molecular formula is C16H12N2O. The van der Waals surface area contributed by atoms with Gasteiger partial charge in [-0.15, -0.1) is 0 Å². The molecule has 0 unspecified atom stereocenters. The molecular weight excluding hydrogens is 236 g/mol. The number of carbonyl (C=O) groups excluding carboxylic acids is 1. The number of rotatable bonds is 3. The van der Waals surface area contributed by atoms with E-state index in [-0.39, 0.29) is 12.2 Å². The fourth-order valence-electron chi connectivity index (χ4n) is 2.09. The number of benzene rings is 1. The van der Waals surface area contributed by atoms with E-state index in [9.17, 15) is 4.79 Å². The predicted octanol–water partition coefficient (Wildman–Crippen LogP) is 3.06. The molecule has 0 fully saturated rings. The van der Waals surface area contributed by atoms with Gasteiger partial charge in [0.05, 0.1) is 6.42 Å². The minimum absolute atomic E-state index is 0.00417. The second-order valence-corrected chi connectivity index (χ2v) is 4.30. The van der Waals surface area contributed by atoms with Crippen molar-refractivity contribution >= 4 is 16.6 Å². The Balaban J connectivity index is 1.98. The number of pyridine rings is 2. The van der Waals surface area contributed by atoms with Crippen molar-refractivity contribution < 1.29 is 4.79 Å². The zero-order chi connectivity index (χ0) is 13.1. The first kappa shape index (κ1) is 11.5. The van der Waals surface area contributed by atoms with Gasteiger partial charge in [-0.1, -0.05) is 30.3 Å². The highest BCUT2D eigenvalue weighted by atomic mass is 16.1. The molecule has 0 spiro atoms. The van der Waals surface area contributed by atoms with Crippen molar-refractivity contribution in [1.29, 1.82) is 0 Å². The van der Waals surface area contributed by atoms with Crippen molar-refractivity contribution in [3.8, 4) is 0 Å². The number of hydrogen-bond donors (Lipinski definition) is 0. The van der Waals surface area contributed by atoms with E-state index >= 15 is 0 Å².